The summed E-state index contributed by atoms with van der Waals surface area (Å²) in [4.78, 5) is 15.6. The lowest BCUT2D eigenvalue weighted by Gasteiger charge is -2.50. The minimum absolute atomic E-state index is 0.362. The van der Waals surface area contributed by atoms with Crippen molar-refractivity contribution in [3.05, 3.63) is 59.1 Å². The zero-order valence-electron chi connectivity index (χ0n) is 19.4. The van der Waals surface area contributed by atoms with Gasteiger partial charge in [0.1, 0.15) is 5.69 Å². The maximum Gasteiger partial charge on any atom is 0.337 e. The molecule has 0 spiro atoms. The molecule has 9 heteroatoms. The Hall–Kier alpha value is -2.75. The van der Waals surface area contributed by atoms with E-state index < -0.39 is 0 Å². The van der Waals surface area contributed by atoms with Crippen molar-refractivity contribution >= 4 is 40.3 Å². The highest BCUT2D eigenvalue weighted by molar-refractivity contribution is 7.80. The zero-order chi connectivity index (χ0) is 23.7. The Morgan fingerprint density at radius 1 is 1.29 bits per heavy atom. The van der Waals surface area contributed by atoms with Gasteiger partial charge in [-0.2, -0.15) is 5.10 Å². The summed E-state index contributed by atoms with van der Waals surface area (Å²) in [5, 5.41) is 14.0. The number of aromatic nitrogens is 2. The number of fused-ring (bicyclic) bond motifs is 3. The van der Waals surface area contributed by atoms with Crippen LogP contribution in [0.3, 0.4) is 0 Å². The molecule has 0 radical (unpaired) electrons. The van der Waals surface area contributed by atoms with E-state index in [9.17, 15) is 4.79 Å². The highest BCUT2D eigenvalue weighted by Gasteiger charge is 2.41. The Kier molecular flexibility index (Phi) is 6.67. The van der Waals surface area contributed by atoms with Gasteiger partial charge in [-0.25, -0.2) is 4.79 Å². The van der Waals surface area contributed by atoms with Crippen molar-refractivity contribution in [2.45, 2.75) is 24.8 Å². The molecule has 2 bridgehead atoms. The van der Waals surface area contributed by atoms with Gasteiger partial charge in [0.2, 0.25) is 0 Å². The number of ether oxygens (including phenoxy) is 1. The number of carbonyl (C=O) groups is 1. The maximum atomic E-state index is 11.8. The summed E-state index contributed by atoms with van der Waals surface area (Å²) in [6.45, 7) is 2.99. The quantitative estimate of drug-likeness (QED) is 0.394. The third kappa shape index (κ3) is 4.73. The number of anilines is 1. The topological polar surface area (TPSA) is 71.4 Å². The van der Waals surface area contributed by atoms with Crippen LogP contribution < -0.4 is 10.6 Å². The lowest BCUT2D eigenvalue weighted by atomic mass is 9.74. The fourth-order valence-corrected chi connectivity index (χ4v) is 6.17. The number of rotatable bonds is 6. The van der Waals surface area contributed by atoms with Crippen molar-refractivity contribution in [3.8, 4) is 10.6 Å². The molecule has 0 saturated carbocycles. The molecule has 3 aliphatic heterocycles. The Morgan fingerprint density at radius 2 is 2.18 bits per heavy atom. The summed E-state index contributed by atoms with van der Waals surface area (Å²) in [5.74, 6) is 0.808. The van der Waals surface area contributed by atoms with E-state index in [-0.39, 0.29) is 5.97 Å². The smallest absolute Gasteiger partial charge is 0.337 e. The van der Waals surface area contributed by atoms with Gasteiger partial charge >= 0.3 is 5.97 Å². The van der Waals surface area contributed by atoms with E-state index in [1.54, 1.807) is 23.5 Å². The molecule has 3 fully saturated rings. The summed E-state index contributed by atoms with van der Waals surface area (Å²) in [6, 6.07) is 14.1. The van der Waals surface area contributed by atoms with Crippen LogP contribution in [0.25, 0.3) is 10.6 Å². The highest BCUT2D eigenvalue weighted by Crippen LogP contribution is 2.42. The number of thiocarbonyl (C=S) groups is 1. The summed E-state index contributed by atoms with van der Waals surface area (Å²) >= 11 is 7.26. The number of carbonyl (C=O) groups excluding carboxylic acids is 1. The molecule has 4 atom stereocenters. The van der Waals surface area contributed by atoms with Gasteiger partial charge in [0.15, 0.2) is 5.11 Å². The molecule has 5 heterocycles. The van der Waals surface area contributed by atoms with E-state index in [1.807, 2.05) is 12.1 Å². The molecular weight excluding hydrogens is 466 g/mol. The first-order valence-corrected chi connectivity index (χ1v) is 12.9. The molecule has 3 aliphatic rings. The van der Waals surface area contributed by atoms with Crippen LogP contribution >= 0.6 is 23.6 Å². The number of esters is 1. The van der Waals surface area contributed by atoms with Gasteiger partial charge < -0.3 is 15.4 Å². The van der Waals surface area contributed by atoms with Crippen LogP contribution in [0.5, 0.6) is 0 Å². The molecule has 178 valence electrons. The van der Waals surface area contributed by atoms with Gasteiger partial charge in [0.05, 0.1) is 17.6 Å². The van der Waals surface area contributed by atoms with E-state index in [2.05, 4.69) is 50.8 Å². The average Bonchev–Trinajstić information content (AvgIpc) is 3.52. The Labute approximate surface area is 209 Å². The number of hydrogen-bond acceptors (Lipinski definition) is 6. The first-order chi connectivity index (χ1) is 16.5. The Bertz CT molecular complexity index is 1180. The molecule has 2 N–H and O–H groups in total. The van der Waals surface area contributed by atoms with Crippen LogP contribution in [-0.2, 0) is 11.8 Å². The van der Waals surface area contributed by atoms with Gasteiger partial charge in [-0.1, -0.05) is 12.1 Å². The maximum absolute atomic E-state index is 11.8. The number of methoxy groups -OCH3 is 1. The largest absolute Gasteiger partial charge is 0.465 e. The van der Waals surface area contributed by atoms with Crippen LogP contribution in [0.1, 0.15) is 34.8 Å². The molecule has 1 unspecified atom stereocenters. The first-order valence-electron chi connectivity index (χ1n) is 11.6. The van der Waals surface area contributed by atoms with E-state index >= 15 is 0 Å². The van der Waals surface area contributed by atoms with Crippen molar-refractivity contribution in [3.63, 3.8) is 0 Å². The summed E-state index contributed by atoms with van der Waals surface area (Å²) in [7, 11) is 3.45. The number of hydrogen-bond donors (Lipinski definition) is 2. The number of thiophene rings is 1. The third-order valence-corrected chi connectivity index (χ3v) is 8.13. The highest BCUT2D eigenvalue weighted by atomic mass is 32.1. The standard InChI is InChI=1S/C25H29N5O2S2/c1-29-22(13-21(28-29)23-7-4-10-34-23)20-15-30-9-8-16(20)12-19(30)14-26-25(33)27-18-6-3-5-17(11-18)24(31)32-2/h3-7,10-11,13,16,19-20H,8-9,12,14-15H2,1-2H3,(H2,26,27,33)/t16-,19+,20+/m0/s1. The van der Waals surface area contributed by atoms with Crippen LogP contribution in [-0.4, -0.2) is 58.5 Å². The van der Waals surface area contributed by atoms with E-state index in [4.69, 9.17) is 22.1 Å². The number of benzene rings is 1. The molecule has 0 amide bonds. The molecule has 2 aromatic heterocycles. The van der Waals surface area contributed by atoms with Crippen molar-refractivity contribution in [2.24, 2.45) is 13.0 Å². The lowest BCUT2D eigenvalue weighted by Crippen LogP contribution is -2.56. The summed E-state index contributed by atoms with van der Waals surface area (Å²) in [5.41, 5.74) is 3.68. The zero-order valence-corrected chi connectivity index (χ0v) is 21.0. The second-order valence-electron chi connectivity index (χ2n) is 9.00. The molecule has 7 nitrogen and oxygen atoms in total. The third-order valence-electron chi connectivity index (χ3n) is 6.99. The molecule has 3 saturated heterocycles. The SMILES string of the molecule is COC(=O)c1cccc(NC(=S)NC[C@H]2C[C@@H]3CCN2C[C@H]3c2cc(-c3cccs3)nn2C)c1. The molecule has 1 aromatic carbocycles. The van der Waals surface area contributed by atoms with Crippen LogP contribution in [0, 0.1) is 5.92 Å². The fraction of sp³-hybridized carbons (Fsp3) is 0.400. The molecular formula is C25H29N5O2S2. The van der Waals surface area contributed by atoms with Crippen LogP contribution in [0.15, 0.2) is 47.8 Å². The molecule has 0 aliphatic carbocycles. The van der Waals surface area contributed by atoms with Gasteiger partial charge in [0.25, 0.3) is 0 Å². The monoisotopic (exact) mass is 495 g/mol. The summed E-state index contributed by atoms with van der Waals surface area (Å²) < 4.78 is 6.87. The van der Waals surface area contributed by atoms with Gasteiger partial charge in [-0.3, -0.25) is 9.58 Å². The molecule has 34 heavy (non-hydrogen) atoms. The summed E-state index contributed by atoms with van der Waals surface area (Å²) in [6.07, 6.45) is 2.38. The number of piperidine rings is 3. The second-order valence-corrected chi connectivity index (χ2v) is 10.4. The van der Waals surface area contributed by atoms with Gasteiger partial charge in [0, 0.05) is 43.5 Å². The number of nitrogens with one attached hydrogen (secondary N) is 2. The normalized spacial score (nSPS) is 23.5. The van der Waals surface area contributed by atoms with Crippen LogP contribution in [0.4, 0.5) is 5.69 Å². The minimum atomic E-state index is -0.362. The predicted octanol–water partition coefficient (Wildman–Crippen LogP) is 4.10. The average molecular weight is 496 g/mol. The van der Waals surface area contributed by atoms with Crippen molar-refractivity contribution in [2.75, 3.05) is 32.1 Å². The van der Waals surface area contributed by atoms with Crippen molar-refractivity contribution in [1.29, 1.82) is 0 Å². The van der Waals surface area contributed by atoms with Gasteiger partial charge in [-0.05, 0) is 73.2 Å². The number of aryl methyl sites for hydroxylation is 1. The van der Waals surface area contributed by atoms with E-state index in [1.165, 1.54) is 24.1 Å². The molecule has 6 rings (SSSR count). The van der Waals surface area contributed by atoms with Crippen molar-refractivity contribution in [1.82, 2.24) is 20.0 Å². The second kappa shape index (κ2) is 9.85. The lowest BCUT2D eigenvalue weighted by molar-refractivity contribution is 0.0303. The van der Waals surface area contributed by atoms with Crippen LogP contribution in [0.2, 0.25) is 0 Å². The first kappa shape index (κ1) is 23.0. The van der Waals surface area contributed by atoms with Crippen molar-refractivity contribution < 1.29 is 9.53 Å². The predicted molar refractivity (Wildman–Crippen MR) is 139 cm³/mol. The Morgan fingerprint density at radius 3 is 2.91 bits per heavy atom. The Balaban J connectivity index is 1.18. The minimum Gasteiger partial charge on any atom is -0.465 e. The van der Waals surface area contributed by atoms with E-state index in [0.29, 0.717) is 28.6 Å². The fourth-order valence-electron chi connectivity index (χ4n) is 5.29. The van der Waals surface area contributed by atoms with E-state index in [0.717, 1.165) is 37.4 Å². The number of nitrogens with zero attached hydrogens (tertiary/aromatic N) is 3. The van der Waals surface area contributed by atoms with Gasteiger partial charge in [-0.15, -0.1) is 11.3 Å². The molecule has 3 aromatic rings.